The lowest BCUT2D eigenvalue weighted by molar-refractivity contribution is -0.0342. The molecule has 0 amide bonds. The van der Waals surface area contributed by atoms with E-state index in [1.165, 1.54) is 6.07 Å². The third-order valence-corrected chi connectivity index (χ3v) is 3.54. The van der Waals surface area contributed by atoms with Gasteiger partial charge in [0.25, 0.3) is 0 Å². The Balaban J connectivity index is 3.18. The van der Waals surface area contributed by atoms with Crippen LogP contribution in [0.2, 0.25) is 0 Å². The molecule has 0 aromatic heterocycles. The van der Waals surface area contributed by atoms with Crippen LogP contribution < -0.4 is 0 Å². The number of hydrogen-bond donors (Lipinski definition) is 1. The van der Waals surface area contributed by atoms with Gasteiger partial charge in [0.15, 0.2) is 0 Å². The Labute approximate surface area is 97.3 Å². The Bertz CT molecular complexity index is 333. The zero-order valence-corrected chi connectivity index (χ0v) is 10.3. The van der Waals surface area contributed by atoms with Gasteiger partial charge in [0, 0.05) is 5.56 Å². The predicted octanol–water partition coefficient (Wildman–Crippen LogP) is 3.86. The first-order chi connectivity index (χ1) is 7.60. The molecular formula is C14H21FO. The van der Waals surface area contributed by atoms with Gasteiger partial charge in [-0.15, -0.1) is 0 Å². The minimum Gasteiger partial charge on any atom is -0.385 e. The summed E-state index contributed by atoms with van der Waals surface area (Å²) in [5.74, 6) is -0.201. The standard InChI is InChI=1S/C14H21FO/c1-4-11(5-2)14(16,6-3)12-9-7-8-10-13(12)15/h7-11,16H,4-6H2,1-3H3. The largest absolute Gasteiger partial charge is 0.385 e. The van der Waals surface area contributed by atoms with Crippen molar-refractivity contribution in [3.63, 3.8) is 0 Å². The molecule has 1 nitrogen and oxygen atoms in total. The van der Waals surface area contributed by atoms with Crippen LogP contribution in [0.15, 0.2) is 24.3 Å². The van der Waals surface area contributed by atoms with Crippen LogP contribution in [0.25, 0.3) is 0 Å². The molecule has 0 spiro atoms. The van der Waals surface area contributed by atoms with E-state index in [-0.39, 0.29) is 11.7 Å². The molecule has 0 saturated heterocycles. The summed E-state index contributed by atoms with van der Waals surface area (Å²) in [5, 5.41) is 10.7. The zero-order chi connectivity index (χ0) is 12.2. The first-order valence-electron chi connectivity index (χ1n) is 6.07. The van der Waals surface area contributed by atoms with E-state index in [4.69, 9.17) is 0 Å². The van der Waals surface area contributed by atoms with Gasteiger partial charge in [-0.1, -0.05) is 51.8 Å². The van der Waals surface area contributed by atoms with Gasteiger partial charge in [0.05, 0.1) is 5.60 Å². The van der Waals surface area contributed by atoms with Crippen molar-refractivity contribution >= 4 is 0 Å². The van der Waals surface area contributed by atoms with Crippen molar-refractivity contribution in [3.8, 4) is 0 Å². The van der Waals surface area contributed by atoms with E-state index in [9.17, 15) is 9.50 Å². The normalized spacial score (nSPS) is 15.1. The lowest BCUT2D eigenvalue weighted by Gasteiger charge is -2.35. The van der Waals surface area contributed by atoms with Crippen LogP contribution in [0.4, 0.5) is 4.39 Å². The molecule has 0 aliphatic heterocycles. The smallest absolute Gasteiger partial charge is 0.129 e. The van der Waals surface area contributed by atoms with Crippen LogP contribution in [0, 0.1) is 11.7 Å². The van der Waals surface area contributed by atoms with E-state index in [2.05, 4.69) is 0 Å². The molecule has 1 atom stereocenters. The number of rotatable bonds is 5. The Morgan fingerprint density at radius 3 is 2.19 bits per heavy atom. The molecule has 1 N–H and O–H groups in total. The minimum atomic E-state index is -1.03. The summed E-state index contributed by atoms with van der Waals surface area (Å²) < 4.78 is 13.7. The van der Waals surface area contributed by atoms with Crippen molar-refractivity contribution in [1.29, 1.82) is 0 Å². The molecule has 1 aromatic rings. The Morgan fingerprint density at radius 1 is 1.19 bits per heavy atom. The van der Waals surface area contributed by atoms with Crippen molar-refractivity contribution in [2.24, 2.45) is 5.92 Å². The molecule has 0 aliphatic rings. The summed E-state index contributed by atoms with van der Waals surface area (Å²) in [5.41, 5.74) is -0.597. The van der Waals surface area contributed by atoms with E-state index in [0.717, 1.165) is 12.8 Å². The van der Waals surface area contributed by atoms with Gasteiger partial charge >= 0.3 is 0 Å². The second-order valence-electron chi connectivity index (χ2n) is 4.27. The van der Waals surface area contributed by atoms with Gasteiger partial charge in [-0.05, 0) is 18.4 Å². The van der Waals surface area contributed by atoms with Crippen LogP contribution in [-0.2, 0) is 5.60 Å². The van der Waals surface area contributed by atoms with E-state index < -0.39 is 5.60 Å². The topological polar surface area (TPSA) is 20.2 Å². The fourth-order valence-electron chi connectivity index (χ4n) is 2.48. The van der Waals surface area contributed by atoms with Crippen molar-refractivity contribution in [2.45, 2.75) is 45.6 Å². The highest BCUT2D eigenvalue weighted by Gasteiger charge is 2.36. The number of benzene rings is 1. The fraction of sp³-hybridized carbons (Fsp3) is 0.571. The number of halogens is 1. The van der Waals surface area contributed by atoms with Gasteiger partial charge in [-0.3, -0.25) is 0 Å². The summed E-state index contributed by atoms with van der Waals surface area (Å²) >= 11 is 0. The maximum Gasteiger partial charge on any atom is 0.129 e. The molecule has 2 heteroatoms. The molecular weight excluding hydrogens is 203 g/mol. The molecule has 0 bridgehead atoms. The molecule has 0 saturated carbocycles. The third-order valence-electron chi connectivity index (χ3n) is 3.54. The highest BCUT2D eigenvalue weighted by molar-refractivity contribution is 5.25. The first-order valence-corrected chi connectivity index (χ1v) is 6.07. The average Bonchev–Trinajstić information content (AvgIpc) is 2.30. The zero-order valence-electron chi connectivity index (χ0n) is 10.3. The lowest BCUT2D eigenvalue weighted by Crippen LogP contribution is -2.34. The van der Waals surface area contributed by atoms with Crippen LogP contribution in [-0.4, -0.2) is 5.11 Å². The van der Waals surface area contributed by atoms with Crippen LogP contribution >= 0.6 is 0 Å². The maximum absolute atomic E-state index is 13.7. The SMILES string of the molecule is CCC(CC)C(O)(CC)c1ccccc1F. The molecule has 90 valence electrons. The minimum absolute atomic E-state index is 0.106. The van der Waals surface area contributed by atoms with Gasteiger partial charge in [0.1, 0.15) is 5.82 Å². The van der Waals surface area contributed by atoms with Crippen molar-refractivity contribution < 1.29 is 9.50 Å². The molecule has 1 rings (SSSR count). The van der Waals surface area contributed by atoms with Crippen molar-refractivity contribution in [1.82, 2.24) is 0 Å². The summed E-state index contributed by atoms with van der Waals surface area (Å²) in [6, 6.07) is 6.54. The Kier molecular flexibility index (Phi) is 4.48. The lowest BCUT2D eigenvalue weighted by atomic mass is 9.76. The average molecular weight is 224 g/mol. The van der Waals surface area contributed by atoms with Gasteiger partial charge in [0.2, 0.25) is 0 Å². The number of aliphatic hydroxyl groups is 1. The number of hydrogen-bond acceptors (Lipinski definition) is 1. The van der Waals surface area contributed by atoms with Gasteiger partial charge in [-0.2, -0.15) is 0 Å². The van der Waals surface area contributed by atoms with Gasteiger partial charge < -0.3 is 5.11 Å². The summed E-state index contributed by atoms with van der Waals surface area (Å²) in [6.45, 7) is 5.98. The van der Waals surface area contributed by atoms with E-state index in [1.54, 1.807) is 18.2 Å². The Morgan fingerprint density at radius 2 is 1.75 bits per heavy atom. The second kappa shape index (κ2) is 5.44. The first kappa shape index (κ1) is 13.2. The molecule has 0 heterocycles. The monoisotopic (exact) mass is 224 g/mol. The fourth-order valence-corrected chi connectivity index (χ4v) is 2.48. The predicted molar refractivity (Wildman–Crippen MR) is 64.7 cm³/mol. The molecule has 0 fully saturated rings. The highest BCUT2D eigenvalue weighted by atomic mass is 19.1. The van der Waals surface area contributed by atoms with Crippen molar-refractivity contribution in [2.75, 3.05) is 0 Å². The quantitative estimate of drug-likeness (QED) is 0.805. The summed E-state index contributed by atoms with van der Waals surface area (Å²) in [7, 11) is 0. The molecule has 0 radical (unpaired) electrons. The maximum atomic E-state index is 13.7. The van der Waals surface area contributed by atoms with E-state index in [0.29, 0.717) is 12.0 Å². The Hall–Kier alpha value is -0.890. The second-order valence-corrected chi connectivity index (χ2v) is 4.27. The van der Waals surface area contributed by atoms with Crippen molar-refractivity contribution in [3.05, 3.63) is 35.6 Å². The van der Waals surface area contributed by atoms with Crippen LogP contribution in [0.5, 0.6) is 0 Å². The molecule has 0 aliphatic carbocycles. The van der Waals surface area contributed by atoms with Gasteiger partial charge in [-0.25, -0.2) is 4.39 Å². The van der Waals surface area contributed by atoms with Crippen LogP contribution in [0.3, 0.4) is 0 Å². The molecule has 1 aromatic carbocycles. The van der Waals surface area contributed by atoms with E-state index in [1.807, 2.05) is 20.8 Å². The third kappa shape index (κ3) is 2.27. The summed E-state index contributed by atoms with van der Waals surface area (Å²) in [4.78, 5) is 0. The van der Waals surface area contributed by atoms with E-state index >= 15 is 0 Å². The molecule has 1 unspecified atom stereocenters. The highest BCUT2D eigenvalue weighted by Crippen LogP contribution is 2.38. The molecule has 16 heavy (non-hydrogen) atoms. The summed E-state index contributed by atoms with van der Waals surface area (Å²) in [6.07, 6.45) is 2.25. The van der Waals surface area contributed by atoms with Crippen LogP contribution in [0.1, 0.15) is 45.6 Å².